The topological polar surface area (TPSA) is 27.7 Å². The molecular formula is C7H18O3Si. The van der Waals surface area contributed by atoms with E-state index < -0.39 is 8.32 Å². The van der Waals surface area contributed by atoms with Crippen LogP contribution < -0.4 is 0 Å². The van der Waals surface area contributed by atoms with E-state index >= 15 is 0 Å². The van der Waals surface area contributed by atoms with Crippen molar-refractivity contribution in [2.24, 2.45) is 0 Å². The molecule has 0 aromatic heterocycles. The van der Waals surface area contributed by atoms with Crippen LogP contribution in [-0.4, -0.2) is 27.8 Å². The molecule has 0 unspecified atom stereocenters. The Morgan fingerprint density at radius 1 is 1.09 bits per heavy atom. The second-order valence-electron chi connectivity index (χ2n) is 2.89. The minimum atomic E-state index is -1.69. The Labute approximate surface area is 69.7 Å². The summed E-state index contributed by atoms with van der Waals surface area (Å²) in [7, 11) is -1.69. The number of hydrogen-bond donors (Lipinski definition) is 0. The zero-order chi connectivity index (χ0) is 8.74. The van der Waals surface area contributed by atoms with Crippen LogP contribution in [0.2, 0.25) is 13.1 Å². The molecular weight excluding hydrogens is 160 g/mol. The molecule has 0 saturated heterocycles. The van der Waals surface area contributed by atoms with Crippen LogP contribution in [0.1, 0.15) is 13.8 Å². The molecule has 0 saturated carbocycles. The molecule has 0 aliphatic heterocycles. The molecule has 0 aromatic rings. The number of ether oxygens (including phenoxy) is 1. The largest absolute Gasteiger partial charge is 0.382 e. The predicted molar refractivity (Wildman–Crippen MR) is 46.7 cm³/mol. The molecule has 0 spiro atoms. The standard InChI is InChI=1S/C7H18O3Si/c1-5-8-7-11(3,4)10-9-6-2/h5-7H2,1-4H3. The summed E-state index contributed by atoms with van der Waals surface area (Å²) in [6.45, 7) is 9.36. The maximum atomic E-state index is 5.25. The van der Waals surface area contributed by atoms with Gasteiger partial charge in [-0.05, 0) is 26.9 Å². The van der Waals surface area contributed by atoms with Crippen LogP contribution in [0.3, 0.4) is 0 Å². The second kappa shape index (κ2) is 5.71. The van der Waals surface area contributed by atoms with Gasteiger partial charge in [0.25, 0.3) is 8.32 Å². The third-order valence-electron chi connectivity index (χ3n) is 1.06. The van der Waals surface area contributed by atoms with E-state index in [1.807, 2.05) is 13.8 Å². The Hall–Kier alpha value is 0.0969. The van der Waals surface area contributed by atoms with Crippen LogP contribution in [0.25, 0.3) is 0 Å². The lowest BCUT2D eigenvalue weighted by Gasteiger charge is -2.19. The molecule has 4 heteroatoms. The molecule has 11 heavy (non-hydrogen) atoms. The van der Waals surface area contributed by atoms with Gasteiger partial charge in [0.05, 0.1) is 12.8 Å². The van der Waals surface area contributed by atoms with Gasteiger partial charge >= 0.3 is 0 Å². The molecule has 0 heterocycles. The molecule has 0 fully saturated rings. The Bertz CT molecular complexity index is 85.7. The van der Waals surface area contributed by atoms with Crippen molar-refractivity contribution in [3.63, 3.8) is 0 Å². The summed E-state index contributed by atoms with van der Waals surface area (Å²) in [6.07, 6.45) is 0.698. The SMILES string of the molecule is CCOC[Si](C)(C)OOCC. The van der Waals surface area contributed by atoms with Gasteiger partial charge in [0.2, 0.25) is 0 Å². The molecule has 0 aliphatic rings. The Balaban J connectivity index is 3.43. The van der Waals surface area contributed by atoms with Gasteiger partial charge in [0.15, 0.2) is 0 Å². The third-order valence-corrected chi connectivity index (χ3v) is 2.52. The lowest BCUT2D eigenvalue weighted by molar-refractivity contribution is -0.216. The molecule has 0 aromatic carbocycles. The molecule has 0 radical (unpaired) electrons. The van der Waals surface area contributed by atoms with Gasteiger partial charge < -0.3 is 4.74 Å². The highest BCUT2D eigenvalue weighted by Gasteiger charge is 2.24. The highest BCUT2D eigenvalue weighted by atomic mass is 28.4. The van der Waals surface area contributed by atoms with E-state index in [2.05, 4.69) is 13.1 Å². The molecule has 0 bridgehead atoms. The van der Waals surface area contributed by atoms with Crippen LogP contribution >= 0.6 is 0 Å². The molecule has 0 N–H and O–H groups in total. The molecule has 0 aliphatic carbocycles. The van der Waals surface area contributed by atoms with Gasteiger partial charge in [-0.3, -0.25) is 4.58 Å². The average molecular weight is 178 g/mol. The van der Waals surface area contributed by atoms with Crippen molar-refractivity contribution in [3.8, 4) is 0 Å². The Kier molecular flexibility index (Phi) is 5.76. The summed E-state index contributed by atoms with van der Waals surface area (Å²) in [5.74, 6) is 0. The molecule has 68 valence electrons. The summed E-state index contributed by atoms with van der Waals surface area (Å²) in [5, 5.41) is 0. The Morgan fingerprint density at radius 3 is 2.18 bits per heavy atom. The van der Waals surface area contributed by atoms with Crippen molar-refractivity contribution in [3.05, 3.63) is 0 Å². The number of hydrogen-bond acceptors (Lipinski definition) is 3. The first-order valence-electron chi connectivity index (χ1n) is 4.00. The van der Waals surface area contributed by atoms with Crippen molar-refractivity contribution in [1.82, 2.24) is 0 Å². The maximum absolute atomic E-state index is 5.25. The maximum Gasteiger partial charge on any atom is 0.258 e. The summed E-state index contributed by atoms with van der Waals surface area (Å²) in [4.78, 5) is 4.88. The summed E-state index contributed by atoms with van der Waals surface area (Å²) >= 11 is 0. The first kappa shape index (κ1) is 11.1. The lowest BCUT2D eigenvalue weighted by atomic mass is 10.9. The quantitative estimate of drug-likeness (QED) is 0.352. The smallest absolute Gasteiger partial charge is 0.258 e. The highest BCUT2D eigenvalue weighted by Crippen LogP contribution is 2.04. The van der Waals surface area contributed by atoms with E-state index in [1.54, 1.807) is 0 Å². The summed E-state index contributed by atoms with van der Waals surface area (Å²) < 4.78 is 10.4. The highest BCUT2D eigenvalue weighted by molar-refractivity contribution is 6.70. The fraction of sp³-hybridized carbons (Fsp3) is 1.00. The molecule has 0 atom stereocenters. The molecule has 0 rings (SSSR count). The van der Waals surface area contributed by atoms with Gasteiger partial charge in [-0.15, -0.1) is 0 Å². The lowest BCUT2D eigenvalue weighted by Crippen LogP contribution is -2.37. The van der Waals surface area contributed by atoms with Crippen molar-refractivity contribution < 1.29 is 14.2 Å². The van der Waals surface area contributed by atoms with Crippen LogP contribution in [0, 0.1) is 0 Å². The predicted octanol–water partition coefficient (Wildman–Crippen LogP) is 1.74. The van der Waals surface area contributed by atoms with E-state index in [-0.39, 0.29) is 0 Å². The normalized spacial score (nSPS) is 12.0. The van der Waals surface area contributed by atoms with Crippen molar-refractivity contribution >= 4 is 8.32 Å². The van der Waals surface area contributed by atoms with Gasteiger partial charge in [-0.2, -0.15) is 0 Å². The second-order valence-corrected chi connectivity index (χ2v) is 6.86. The van der Waals surface area contributed by atoms with Crippen LogP contribution in [-0.2, 0) is 14.2 Å². The average Bonchev–Trinajstić information content (AvgIpc) is 1.97. The van der Waals surface area contributed by atoms with Gasteiger partial charge in [-0.25, -0.2) is 4.89 Å². The Morgan fingerprint density at radius 2 is 1.73 bits per heavy atom. The van der Waals surface area contributed by atoms with Crippen LogP contribution in [0.15, 0.2) is 0 Å². The first-order valence-corrected chi connectivity index (χ1v) is 7.12. The zero-order valence-electron chi connectivity index (χ0n) is 7.85. The van der Waals surface area contributed by atoms with E-state index in [0.717, 1.165) is 6.61 Å². The minimum absolute atomic E-state index is 0.600. The molecule has 3 nitrogen and oxygen atoms in total. The van der Waals surface area contributed by atoms with Crippen LogP contribution in [0.4, 0.5) is 0 Å². The zero-order valence-corrected chi connectivity index (χ0v) is 8.85. The minimum Gasteiger partial charge on any atom is -0.382 e. The van der Waals surface area contributed by atoms with E-state index in [9.17, 15) is 0 Å². The van der Waals surface area contributed by atoms with Crippen molar-refractivity contribution in [2.45, 2.75) is 26.9 Å². The van der Waals surface area contributed by atoms with Gasteiger partial charge in [0, 0.05) is 6.61 Å². The van der Waals surface area contributed by atoms with Crippen molar-refractivity contribution in [1.29, 1.82) is 0 Å². The third kappa shape index (κ3) is 6.49. The monoisotopic (exact) mass is 178 g/mol. The fourth-order valence-electron chi connectivity index (χ4n) is 0.590. The van der Waals surface area contributed by atoms with Gasteiger partial charge in [-0.1, -0.05) is 0 Å². The van der Waals surface area contributed by atoms with E-state index in [1.165, 1.54) is 0 Å². The number of rotatable bonds is 6. The summed E-state index contributed by atoms with van der Waals surface area (Å²) in [6, 6.07) is 0. The van der Waals surface area contributed by atoms with Gasteiger partial charge in [0.1, 0.15) is 0 Å². The van der Waals surface area contributed by atoms with Crippen LogP contribution in [0.5, 0.6) is 0 Å². The fourth-order valence-corrected chi connectivity index (χ4v) is 1.77. The first-order chi connectivity index (χ1) is 5.12. The van der Waals surface area contributed by atoms with Crippen molar-refractivity contribution in [2.75, 3.05) is 19.4 Å². The van der Waals surface area contributed by atoms with E-state index in [4.69, 9.17) is 14.2 Å². The molecule has 0 amide bonds. The van der Waals surface area contributed by atoms with E-state index in [0.29, 0.717) is 12.8 Å². The summed E-state index contributed by atoms with van der Waals surface area (Å²) in [5.41, 5.74) is 0.